The van der Waals surface area contributed by atoms with Gasteiger partial charge in [-0.15, -0.1) is 4.40 Å². The number of rotatable bonds is 4. The first-order chi connectivity index (χ1) is 13.5. The van der Waals surface area contributed by atoms with Crippen LogP contribution >= 0.6 is 0 Å². The third-order valence-corrected chi connectivity index (χ3v) is 5.64. The smallest absolute Gasteiger partial charge is 0.347 e. The molecule has 6 nitrogen and oxygen atoms in total. The van der Waals surface area contributed by atoms with Gasteiger partial charge in [-0.25, -0.2) is 13.2 Å². The molecule has 0 radical (unpaired) electrons. The van der Waals surface area contributed by atoms with E-state index >= 15 is 0 Å². The molecule has 28 heavy (non-hydrogen) atoms. The van der Waals surface area contributed by atoms with Gasteiger partial charge in [0.05, 0.1) is 5.75 Å². The van der Waals surface area contributed by atoms with Crippen molar-refractivity contribution in [3.63, 3.8) is 0 Å². The molecule has 0 spiro atoms. The third-order valence-electron chi connectivity index (χ3n) is 4.49. The van der Waals surface area contributed by atoms with Crippen LogP contribution in [0.5, 0.6) is 5.75 Å². The van der Waals surface area contributed by atoms with Crippen LogP contribution in [0, 0.1) is 0 Å². The van der Waals surface area contributed by atoms with E-state index in [1.165, 1.54) is 6.08 Å². The van der Waals surface area contributed by atoms with Gasteiger partial charge in [0.15, 0.2) is 5.84 Å². The molecule has 4 rings (SSSR count). The van der Waals surface area contributed by atoms with Gasteiger partial charge in [-0.2, -0.15) is 0 Å². The van der Waals surface area contributed by atoms with Crippen molar-refractivity contribution in [1.82, 2.24) is 4.90 Å². The maximum atomic E-state index is 12.8. The van der Waals surface area contributed by atoms with E-state index in [4.69, 9.17) is 4.74 Å². The van der Waals surface area contributed by atoms with E-state index in [0.717, 1.165) is 11.1 Å². The molecule has 0 aliphatic carbocycles. The number of amidine groups is 1. The Labute approximate surface area is 163 Å². The number of carbonyl (C=O) groups is 1. The summed E-state index contributed by atoms with van der Waals surface area (Å²) in [5.74, 6) is -0.161. The van der Waals surface area contributed by atoms with Crippen LogP contribution in [0.25, 0.3) is 0 Å². The number of allylic oxidation sites excluding steroid dienone is 2. The first-order valence-corrected chi connectivity index (χ1v) is 10.4. The molecule has 2 aromatic carbocycles. The molecule has 0 fully saturated rings. The lowest BCUT2D eigenvalue weighted by Crippen LogP contribution is -2.40. The summed E-state index contributed by atoms with van der Waals surface area (Å²) in [5.41, 5.74) is 2.09. The zero-order chi connectivity index (χ0) is 19.6. The Hall–Kier alpha value is -3.19. The number of sulfonamides is 1. The van der Waals surface area contributed by atoms with Gasteiger partial charge in [-0.3, -0.25) is 0 Å². The van der Waals surface area contributed by atoms with Crippen LogP contribution in [0.1, 0.15) is 11.1 Å². The zero-order valence-corrected chi connectivity index (χ0v) is 15.8. The van der Waals surface area contributed by atoms with E-state index in [1.54, 1.807) is 29.3 Å². The highest BCUT2D eigenvalue weighted by molar-refractivity contribution is 7.90. The molecule has 0 saturated heterocycles. The quantitative estimate of drug-likeness (QED) is 0.589. The van der Waals surface area contributed by atoms with Gasteiger partial charge < -0.3 is 9.64 Å². The molecule has 0 amide bonds. The van der Waals surface area contributed by atoms with Crippen LogP contribution in [0.3, 0.4) is 0 Å². The predicted octanol–water partition coefficient (Wildman–Crippen LogP) is 2.68. The van der Waals surface area contributed by atoms with E-state index in [9.17, 15) is 13.2 Å². The largest absolute Gasteiger partial charge is 0.423 e. The van der Waals surface area contributed by atoms with Crippen LogP contribution in [0.2, 0.25) is 0 Å². The summed E-state index contributed by atoms with van der Waals surface area (Å²) < 4.78 is 33.1. The number of hydrogen-bond acceptors (Lipinski definition) is 5. The second-order valence-electron chi connectivity index (χ2n) is 6.48. The first-order valence-electron chi connectivity index (χ1n) is 8.84. The fraction of sp³-hybridized carbons (Fsp3) is 0.143. The Bertz CT molecular complexity index is 1100. The molecule has 2 heterocycles. The van der Waals surface area contributed by atoms with Gasteiger partial charge in [-0.1, -0.05) is 48.5 Å². The lowest BCUT2D eigenvalue weighted by molar-refractivity contribution is -0.129. The molecule has 0 N–H and O–H groups in total. The molecular weight excluding hydrogens is 376 g/mol. The van der Waals surface area contributed by atoms with Crippen molar-refractivity contribution < 1.29 is 17.9 Å². The number of ether oxygens (including phenoxy) is 1. The number of esters is 1. The second kappa shape index (κ2) is 7.44. The lowest BCUT2D eigenvalue weighted by atomic mass is 10.0. The zero-order valence-electron chi connectivity index (χ0n) is 15.0. The molecule has 2 aromatic rings. The van der Waals surface area contributed by atoms with Crippen LogP contribution in [-0.2, 0) is 21.2 Å². The first kappa shape index (κ1) is 18.2. The van der Waals surface area contributed by atoms with Crippen LogP contribution < -0.4 is 4.74 Å². The fourth-order valence-electron chi connectivity index (χ4n) is 3.10. The van der Waals surface area contributed by atoms with Gasteiger partial charge in [0, 0.05) is 19.2 Å². The number of fused-ring (bicyclic) bond motifs is 1. The Morgan fingerprint density at radius 2 is 1.82 bits per heavy atom. The van der Waals surface area contributed by atoms with E-state index in [0.29, 0.717) is 12.2 Å². The predicted molar refractivity (Wildman–Crippen MR) is 106 cm³/mol. The summed E-state index contributed by atoms with van der Waals surface area (Å²) in [6.07, 6.45) is 5.53. The minimum absolute atomic E-state index is 0.0803. The third kappa shape index (κ3) is 3.89. The van der Waals surface area contributed by atoms with Crippen LogP contribution in [-0.4, -0.2) is 37.4 Å². The summed E-state index contributed by atoms with van der Waals surface area (Å²) >= 11 is 0. The Morgan fingerprint density at radius 1 is 1.07 bits per heavy atom. The summed E-state index contributed by atoms with van der Waals surface area (Å²) in [4.78, 5) is 14.5. The maximum absolute atomic E-state index is 12.8. The number of benzene rings is 2. The molecule has 0 saturated carbocycles. The van der Waals surface area contributed by atoms with Gasteiger partial charge in [-0.05, 0) is 29.3 Å². The van der Waals surface area contributed by atoms with Crippen molar-refractivity contribution in [2.45, 2.75) is 6.42 Å². The van der Waals surface area contributed by atoms with E-state index in [2.05, 4.69) is 4.40 Å². The minimum Gasteiger partial charge on any atom is -0.423 e. The van der Waals surface area contributed by atoms with E-state index < -0.39 is 16.0 Å². The Kier molecular flexibility index (Phi) is 4.83. The highest BCUT2D eigenvalue weighted by atomic mass is 32.2. The van der Waals surface area contributed by atoms with Gasteiger partial charge in [0.2, 0.25) is 0 Å². The monoisotopic (exact) mass is 394 g/mol. The van der Waals surface area contributed by atoms with Crippen LogP contribution in [0.15, 0.2) is 82.9 Å². The maximum Gasteiger partial charge on any atom is 0.347 e. The SMILES string of the molecule is O=C(Oc1ccccc1Cc1ccccc1)C1=CC=CN2CCS(=O)(=O)N=C12. The van der Waals surface area contributed by atoms with E-state index in [1.807, 2.05) is 42.5 Å². The number of para-hydroxylation sites is 1. The molecule has 0 aromatic heterocycles. The average Bonchev–Trinajstić information content (AvgIpc) is 2.69. The lowest BCUT2D eigenvalue weighted by Gasteiger charge is -2.28. The molecule has 7 heteroatoms. The highest BCUT2D eigenvalue weighted by Gasteiger charge is 2.31. The standard InChI is InChI=1S/C21H18N2O4S/c24-21(18-10-6-12-23-13-14-28(25,26)22-20(18)23)27-19-11-5-4-9-17(19)15-16-7-2-1-3-8-16/h1-12H,13-15H2. The minimum atomic E-state index is -3.58. The summed E-state index contributed by atoms with van der Waals surface area (Å²) in [6, 6.07) is 17.2. The van der Waals surface area contributed by atoms with Crippen molar-refractivity contribution >= 4 is 21.8 Å². The Balaban J connectivity index is 1.60. The van der Waals surface area contributed by atoms with Crippen molar-refractivity contribution in [2.24, 2.45) is 4.40 Å². The summed E-state index contributed by atoms with van der Waals surface area (Å²) in [7, 11) is -3.58. The van der Waals surface area contributed by atoms with Crippen molar-refractivity contribution in [3.05, 3.63) is 89.6 Å². The van der Waals surface area contributed by atoms with Gasteiger partial charge >= 0.3 is 5.97 Å². The van der Waals surface area contributed by atoms with Gasteiger partial charge in [0.25, 0.3) is 10.0 Å². The van der Waals surface area contributed by atoms with Crippen molar-refractivity contribution in [1.29, 1.82) is 0 Å². The van der Waals surface area contributed by atoms with Gasteiger partial charge in [0.1, 0.15) is 11.3 Å². The average molecular weight is 394 g/mol. The molecule has 2 aliphatic heterocycles. The van der Waals surface area contributed by atoms with Crippen molar-refractivity contribution in [3.8, 4) is 5.75 Å². The summed E-state index contributed by atoms with van der Waals surface area (Å²) in [5, 5.41) is 0. The topological polar surface area (TPSA) is 76.0 Å². The molecule has 2 aliphatic rings. The molecule has 142 valence electrons. The molecule has 0 unspecified atom stereocenters. The Morgan fingerprint density at radius 3 is 2.64 bits per heavy atom. The van der Waals surface area contributed by atoms with Crippen LogP contribution in [0.4, 0.5) is 0 Å². The fourth-order valence-corrected chi connectivity index (χ4v) is 4.08. The number of hydrogen-bond donors (Lipinski definition) is 0. The number of nitrogens with zero attached hydrogens (tertiary/aromatic N) is 2. The van der Waals surface area contributed by atoms with E-state index in [-0.39, 0.29) is 23.7 Å². The normalized spacial score (nSPS) is 17.4. The molecule has 0 atom stereocenters. The second-order valence-corrected chi connectivity index (χ2v) is 8.23. The molecule has 0 bridgehead atoms. The summed E-state index contributed by atoms with van der Waals surface area (Å²) in [6.45, 7) is 0.257. The highest BCUT2D eigenvalue weighted by Crippen LogP contribution is 2.24. The molecular formula is C21H18N2O4S. The van der Waals surface area contributed by atoms with Crippen molar-refractivity contribution in [2.75, 3.05) is 12.3 Å². The number of carbonyl (C=O) groups excluding carboxylic acids is 1.